The van der Waals surface area contributed by atoms with E-state index >= 15 is 0 Å². The van der Waals surface area contributed by atoms with Crippen LogP contribution >= 0.6 is 11.3 Å². The normalized spacial score (nSPS) is 11.1. The molecule has 11 nitrogen and oxygen atoms in total. The fourth-order valence-corrected chi connectivity index (χ4v) is 3.23. The molecule has 0 saturated heterocycles. The van der Waals surface area contributed by atoms with E-state index in [-0.39, 0.29) is 17.3 Å². The first-order valence-corrected chi connectivity index (χ1v) is 9.74. The van der Waals surface area contributed by atoms with Crippen LogP contribution in [0.1, 0.15) is 23.0 Å². The SMILES string of the molecule is CCOc1ccc(-c2c(C(=O)N/N=C\c3ccsc3)nnn2-c2nonc2N)cc1. The number of anilines is 1. The largest absolute Gasteiger partial charge is 0.494 e. The summed E-state index contributed by atoms with van der Waals surface area (Å²) in [7, 11) is 0. The summed E-state index contributed by atoms with van der Waals surface area (Å²) in [6.07, 6.45) is 1.54. The topological polar surface area (TPSA) is 146 Å². The van der Waals surface area contributed by atoms with Gasteiger partial charge in [0.15, 0.2) is 5.69 Å². The molecule has 0 atom stereocenters. The van der Waals surface area contributed by atoms with Crippen molar-refractivity contribution in [1.29, 1.82) is 0 Å². The Morgan fingerprint density at radius 3 is 2.83 bits per heavy atom. The Bertz CT molecular complexity index is 1160. The number of hydrogen-bond acceptors (Lipinski definition) is 10. The molecular weight excluding hydrogens is 408 g/mol. The van der Waals surface area contributed by atoms with E-state index in [2.05, 4.69) is 35.8 Å². The molecule has 3 N–H and O–H groups in total. The predicted molar refractivity (Wildman–Crippen MR) is 110 cm³/mol. The summed E-state index contributed by atoms with van der Waals surface area (Å²) in [5.41, 5.74) is 10.2. The van der Waals surface area contributed by atoms with Crippen molar-refractivity contribution in [3.63, 3.8) is 0 Å². The van der Waals surface area contributed by atoms with E-state index in [0.29, 0.717) is 23.6 Å². The average molecular weight is 424 g/mol. The van der Waals surface area contributed by atoms with Crippen LogP contribution in [0.15, 0.2) is 50.8 Å². The fraction of sp³-hybridized carbons (Fsp3) is 0.111. The van der Waals surface area contributed by atoms with Gasteiger partial charge in [-0.25, -0.2) is 10.1 Å². The van der Waals surface area contributed by atoms with Crippen LogP contribution in [-0.4, -0.2) is 44.0 Å². The second kappa shape index (κ2) is 8.53. The number of nitrogen functional groups attached to an aromatic ring is 1. The lowest BCUT2D eigenvalue weighted by Gasteiger charge is -2.07. The smallest absolute Gasteiger partial charge is 0.294 e. The van der Waals surface area contributed by atoms with Crippen molar-refractivity contribution in [2.24, 2.45) is 5.10 Å². The molecule has 0 spiro atoms. The van der Waals surface area contributed by atoms with Crippen molar-refractivity contribution in [2.45, 2.75) is 6.92 Å². The molecule has 30 heavy (non-hydrogen) atoms. The third-order valence-corrected chi connectivity index (χ3v) is 4.64. The number of rotatable bonds is 7. The molecule has 0 aliphatic heterocycles. The maximum Gasteiger partial charge on any atom is 0.294 e. The molecule has 0 fully saturated rings. The lowest BCUT2D eigenvalue weighted by Crippen LogP contribution is -2.19. The lowest BCUT2D eigenvalue weighted by atomic mass is 10.1. The monoisotopic (exact) mass is 424 g/mol. The van der Waals surface area contributed by atoms with E-state index < -0.39 is 5.91 Å². The Morgan fingerprint density at radius 1 is 1.33 bits per heavy atom. The molecule has 0 unspecified atom stereocenters. The van der Waals surface area contributed by atoms with Crippen LogP contribution in [0.4, 0.5) is 5.82 Å². The van der Waals surface area contributed by atoms with Gasteiger partial charge in [-0.3, -0.25) is 4.79 Å². The second-order valence-corrected chi connectivity index (χ2v) is 6.66. The Kier molecular flexibility index (Phi) is 5.48. The maximum absolute atomic E-state index is 12.8. The summed E-state index contributed by atoms with van der Waals surface area (Å²) in [5, 5.41) is 23.1. The van der Waals surface area contributed by atoms with Crippen LogP contribution in [0.3, 0.4) is 0 Å². The average Bonchev–Trinajstić information content (AvgIpc) is 3.49. The van der Waals surface area contributed by atoms with E-state index in [4.69, 9.17) is 10.5 Å². The van der Waals surface area contributed by atoms with E-state index in [1.165, 1.54) is 22.2 Å². The number of hydrazone groups is 1. The van der Waals surface area contributed by atoms with Crippen molar-refractivity contribution in [3.8, 4) is 22.8 Å². The predicted octanol–water partition coefficient (Wildman–Crippen LogP) is 2.12. The quantitative estimate of drug-likeness (QED) is 0.339. The molecular formula is C18H16N8O3S. The molecule has 0 aliphatic rings. The van der Waals surface area contributed by atoms with Gasteiger partial charge >= 0.3 is 0 Å². The number of amides is 1. The minimum Gasteiger partial charge on any atom is -0.494 e. The molecule has 0 radical (unpaired) electrons. The zero-order valence-electron chi connectivity index (χ0n) is 15.7. The number of thiophene rings is 1. The van der Waals surface area contributed by atoms with Crippen molar-refractivity contribution < 1.29 is 14.2 Å². The van der Waals surface area contributed by atoms with Gasteiger partial charge in [0.2, 0.25) is 11.6 Å². The summed E-state index contributed by atoms with van der Waals surface area (Å²) in [4.78, 5) is 12.8. The highest BCUT2D eigenvalue weighted by molar-refractivity contribution is 7.08. The van der Waals surface area contributed by atoms with Crippen molar-refractivity contribution in [2.75, 3.05) is 12.3 Å². The molecule has 4 rings (SSSR count). The minimum atomic E-state index is -0.549. The van der Waals surface area contributed by atoms with E-state index in [1.807, 2.05) is 23.8 Å². The number of aromatic nitrogens is 5. The maximum atomic E-state index is 12.8. The number of carbonyl (C=O) groups is 1. The molecule has 12 heteroatoms. The van der Waals surface area contributed by atoms with Gasteiger partial charge in [0.1, 0.15) is 11.4 Å². The van der Waals surface area contributed by atoms with Crippen molar-refractivity contribution in [3.05, 3.63) is 52.3 Å². The summed E-state index contributed by atoms with van der Waals surface area (Å²) in [5.74, 6) is 0.266. The van der Waals surface area contributed by atoms with Crippen LogP contribution in [0, 0.1) is 0 Å². The molecule has 1 amide bonds. The number of ether oxygens (including phenoxy) is 1. The Hall–Kier alpha value is -4.06. The highest BCUT2D eigenvalue weighted by atomic mass is 32.1. The van der Waals surface area contributed by atoms with Gasteiger partial charge in [0.25, 0.3) is 5.91 Å². The third-order valence-electron chi connectivity index (χ3n) is 3.94. The summed E-state index contributed by atoms with van der Waals surface area (Å²) >= 11 is 1.53. The molecule has 0 aliphatic carbocycles. The standard InChI is InChI=1S/C18H16N8O3S/c1-2-28-13-5-3-12(4-6-13)15-14(18(27)22-20-9-11-7-8-30-10-11)21-25-26(15)17-16(19)23-29-24-17/h3-10H,2H2,1H3,(H2,19,23)(H,22,27)/b20-9-. The summed E-state index contributed by atoms with van der Waals surface area (Å²) in [6, 6.07) is 8.97. The first-order valence-electron chi connectivity index (χ1n) is 8.80. The highest BCUT2D eigenvalue weighted by Crippen LogP contribution is 2.28. The van der Waals surface area contributed by atoms with Crippen molar-refractivity contribution in [1.82, 2.24) is 30.7 Å². The Labute approximate surface area is 174 Å². The highest BCUT2D eigenvalue weighted by Gasteiger charge is 2.25. The Morgan fingerprint density at radius 2 is 2.17 bits per heavy atom. The Balaban J connectivity index is 1.70. The van der Waals surface area contributed by atoms with Gasteiger partial charge < -0.3 is 10.5 Å². The van der Waals surface area contributed by atoms with Crippen LogP contribution in [0.25, 0.3) is 17.1 Å². The number of benzene rings is 1. The first kappa shape index (κ1) is 19.3. The van der Waals surface area contributed by atoms with Gasteiger partial charge in [-0.15, -0.1) is 5.10 Å². The number of nitrogens with one attached hydrogen (secondary N) is 1. The zero-order valence-corrected chi connectivity index (χ0v) is 16.5. The van der Waals surface area contributed by atoms with E-state index in [0.717, 1.165) is 5.56 Å². The first-order chi connectivity index (χ1) is 14.7. The van der Waals surface area contributed by atoms with Gasteiger partial charge in [0, 0.05) is 11.1 Å². The molecule has 0 bridgehead atoms. The van der Waals surface area contributed by atoms with Gasteiger partial charge in [-0.05, 0) is 58.3 Å². The van der Waals surface area contributed by atoms with Crippen molar-refractivity contribution >= 4 is 29.3 Å². The molecule has 1 aromatic carbocycles. The zero-order chi connectivity index (χ0) is 20.9. The van der Waals surface area contributed by atoms with E-state index in [9.17, 15) is 4.79 Å². The third kappa shape index (κ3) is 3.89. The molecule has 0 saturated carbocycles. The van der Waals surface area contributed by atoms with Gasteiger partial charge in [-0.2, -0.15) is 21.1 Å². The molecule has 3 aromatic heterocycles. The molecule has 152 valence electrons. The minimum absolute atomic E-state index is 0.00882. The van der Waals surface area contributed by atoms with Crippen LogP contribution in [-0.2, 0) is 0 Å². The van der Waals surface area contributed by atoms with Crippen LogP contribution in [0.5, 0.6) is 5.75 Å². The molecule has 3 heterocycles. The van der Waals surface area contributed by atoms with E-state index in [1.54, 1.807) is 24.3 Å². The second-order valence-electron chi connectivity index (χ2n) is 5.88. The summed E-state index contributed by atoms with van der Waals surface area (Å²) in [6.45, 7) is 2.43. The van der Waals surface area contributed by atoms with Crippen LogP contribution < -0.4 is 15.9 Å². The fourth-order valence-electron chi connectivity index (χ4n) is 2.62. The summed E-state index contributed by atoms with van der Waals surface area (Å²) < 4.78 is 11.4. The number of carbonyl (C=O) groups excluding carboxylic acids is 1. The molecule has 4 aromatic rings. The lowest BCUT2D eigenvalue weighted by molar-refractivity contribution is 0.0950. The van der Waals surface area contributed by atoms with Crippen LogP contribution in [0.2, 0.25) is 0 Å². The van der Waals surface area contributed by atoms with Gasteiger partial charge in [-0.1, -0.05) is 5.21 Å². The number of nitrogens with zero attached hydrogens (tertiary/aromatic N) is 6. The number of nitrogens with two attached hydrogens (primary N) is 1. The number of hydrogen-bond donors (Lipinski definition) is 2. The van der Waals surface area contributed by atoms with Gasteiger partial charge in [0.05, 0.1) is 12.8 Å².